The Kier molecular flexibility index (Phi) is 16.8. The minimum Gasteiger partial charge on any atom is -0.465 e. The second-order valence-corrected chi connectivity index (χ2v) is 11.6. The lowest BCUT2D eigenvalue weighted by atomic mass is 9.78. The fourth-order valence-electron chi connectivity index (χ4n) is 5.65. The average Bonchev–Trinajstić information content (AvgIpc) is 2.99. The number of imide groups is 1. The maximum Gasteiger partial charge on any atom is 0.411 e. The summed E-state index contributed by atoms with van der Waals surface area (Å²) in [6.07, 6.45) is 8.28. The highest BCUT2D eigenvalue weighted by molar-refractivity contribution is 5.94. The number of amides is 3. The van der Waals surface area contributed by atoms with Crippen molar-refractivity contribution >= 4 is 24.4 Å². The van der Waals surface area contributed by atoms with Crippen molar-refractivity contribution in [3.63, 3.8) is 0 Å². The van der Waals surface area contributed by atoms with Gasteiger partial charge in [-0.1, -0.05) is 106 Å². The molecule has 0 aliphatic carbocycles. The number of rotatable bonds is 22. The van der Waals surface area contributed by atoms with Gasteiger partial charge in [-0.2, -0.15) is 0 Å². The lowest BCUT2D eigenvalue weighted by Gasteiger charge is -2.44. The standard InChI is InChI=1S/C34H50N4O6/c1-26(25-39)35-22-16-8-6-4-3-5-7-15-21-30(23-28-17-11-9-12-18-28)34(38-33(43)44,24-29-19-13-10-14-20-29)37-27(2)31(40)36-32(41)42/h9-14,17-20,25-27,30,35,37-38H,3-8,15-16,21-24H2,1-2H3,(H,36,40)(H,41,42)(H,43,44)/t26?,27-,30-,34?/m0/s1. The Morgan fingerprint density at radius 3 is 1.86 bits per heavy atom. The Labute approximate surface area is 261 Å². The highest BCUT2D eigenvalue weighted by Gasteiger charge is 2.42. The van der Waals surface area contributed by atoms with Crippen molar-refractivity contribution in [2.45, 2.75) is 102 Å². The number of carbonyl (C=O) groups excluding carboxylic acids is 2. The van der Waals surface area contributed by atoms with E-state index in [1.807, 2.05) is 72.9 Å². The summed E-state index contributed by atoms with van der Waals surface area (Å²) in [6, 6.07) is 18.3. The van der Waals surface area contributed by atoms with Crippen LogP contribution in [0.5, 0.6) is 0 Å². The van der Waals surface area contributed by atoms with Gasteiger partial charge in [-0.3, -0.25) is 15.4 Å². The van der Waals surface area contributed by atoms with Crippen LogP contribution in [0.4, 0.5) is 9.59 Å². The first kappa shape index (κ1) is 36.4. The van der Waals surface area contributed by atoms with Crippen molar-refractivity contribution < 1.29 is 29.4 Å². The molecule has 10 heteroatoms. The molecule has 3 amide bonds. The molecule has 0 aliphatic heterocycles. The molecule has 2 aromatic rings. The Bertz CT molecular complexity index is 1130. The molecular weight excluding hydrogens is 560 g/mol. The molecule has 6 N–H and O–H groups in total. The number of benzene rings is 2. The first-order chi connectivity index (χ1) is 21.1. The van der Waals surface area contributed by atoms with Crippen molar-refractivity contribution in [2.75, 3.05) is 6.54 Å². The van der Waals surface area contributed by atoms with E-state index in [-0.39, 0.29) is 18.4 Å². The summed E-state index contributed by atoms with van der Waals surface area (Å²) in [4.78, 5) is 46.9. The van der Waals surface area contributed by atoms with Crippen molar-refractivity contribution in [3.05, 3.63) is 71.8 Å². The Morgan fingerprint density at radius 2 is 1.32 bits per heavy atom. The number of aldehydes is 1. The minimum atomic E-state index is -1.46. The van der Waals surface area contributed by atoms with Crippen LogP contribution in [0, 0.1) is 5.92 Å². The van der Waals surface area contributed by atoms with Gasteiger partial charge < -0.3 is 25.6 Å². The van der Waals surface area contributed by atoms with E-state index in [2.05, 4.69) is 16.0 Å². The molecule has 4 atom stereocenters. The summed E-state index contributed by atoms with van der Waals surface area (Å²) in [5, 5.41) is 30.2. The zero-order valence-electron chi connectivity index (χ0n) is 26.1. The SMILES string of the molecule is CC(C=O)NCCCCCCCCCC[C@@H](Cc1ccccc1)C(Cc1ccccc1)(NC(=O)O)N[C@@H](C)C(=O)NC(=O)O. The summed E-state index contributed by atoms with van der Waals surface area (Å²) in [7, 11) is 0. The molecule has 0 fully saturated rings. The summed E-state index contributed by atoms with van der Waals surface area (Å²) in [5.74, 6) is -1.00. The second kappa shape index (κ2) is 20.2. The Balaban J connectivity index is 2.17. The zero-order valence-corrected chi connectivity index (χ0v) is 26.1. The maximum atomic E-state index is 12.7. The first-order valence-corrected chi connectivity index (χ1v) is 15.7. The molecule has 2 unspecified atom stereocenters. The van der Waals surface area contributed by atoms with Crippen molar-refractivity contribution in [1.82, 2.24) is 21.3 Å². The van der Waals surface area contributed by atoms with Crippen molar-refractivity contribution in [1.29, 1.82) is 0 Å². The molecule has 0 radical (unpaired) electrons. The fourth-order valence-corrected chi connectivity index (χ4v) is 5.65. The molecule has 44 heavy (non-hydrogen) atoms. The number of unbranched alkanes of at least 4 members (excludes halogenated alkanes) is 7. The third kappa shape index (κ3) is 14.1. The van der Waals surface area contributed by atoms with E-state index in [0.29, 0.717) is 12.8 Å². The minimum absolute atomic E-state index is 0.0989. The van der Waals surface area contributed by atoms with Crippen LogP contribution in [0.15, 0.2) is 60.7 Å². The van der Waals surface area contributed by atoms with Gasteiger partial charge in [-0.25, -0.2) is 9.59 Å². The molecule has 0 aromatic heterocycles. The van der Waals surface area contributed by atoms with Crippen LogP contribution in [-0.2, 0) is 22.4 Å². The molecule has 10 nitrogen and oxygen atoms in total. The molecule has 0 bridgehead atoms. The number of hydrogen-bond acceptors (Lipinski definition) is 6. The molecule has 0 spiro atoms. The third-order valence-electron chi connectivity index (χ3n) is 7.92. The number of carbonyl (C=O) groups is 4. The predicted molar refractivity (Wildman–Crippen MR) is 172 cm³/mol. The summed E-state index contributed by atoms with van der Waals surface area (Å²) in [6.45, 7) is 4.25. The second-order valence-electron chi connectivity index (χ2n) is 11.6. The van der Waals surface area contributed by atoms with E-state index >= 15 is 0 Å². The molecular formula is C34H50N4O6. The molecule has 2 aromatic carbocycles. The van der Waals surface area contributed by atoms with E-state index in [1.54, 1.807) is 6.92 Å². The molecule has 0 saturated carbocycles. The van der Waals surface area contributed by atoms with Crippen LogP contribution >= 0.6 is 0 Å². The van der Waals surface area contributed by atoms with Crippen LogP contribution in [0.25, 0.3) is 0 Å². The highest BCUT2D eigenvalue weighted by Crippen LogP contribution is 2.30. The third-order valence-corrected chi connectivity index (χ3v) is 7.92. The zero-order chi connectivity index (χ0) is 32.2. The van der Waals surface area contributed by atoms with Crippen LogP contribution in [0.2, 0.25) is 0 Å². The van der Waals surface area contributed by atoms with Gasteiger partial charge >= 0.3 is 12.2 Å². The van der Waals surface area contributed by atoms with Gasteiger partial charge in [0.15, 0.2) is 0 Å². The van der Waals surface area contributed by atoms with Gasteiger partial charge in [0.1, 0.15) is 11.9 Å². The summed E-state index contributed by atoms with van der Waals surface area (Å²) in [5.41, 5.74) is 0.672. The largest absolute Gasteiger partial charge is 0.465 e. The quantitative estimate of drug-likeness (QED) is 0.0579. The molecule has 0 heterocycles. The first-order valence-electron chi connectivity index (χ1n) is 15.7. The fraction of sp³-hybridized carbons (Fsp3) is 0.529. The van der Waals surface area contributed by atoms with Crippen LogP contribution in [0.1, 0.15) is 82.8 Å². The summed E-state index contributed by atoms with van der Waals surface area (Å²) >= 11 is 0. The van der Waals surface area contributed by atoms with Gasteiger partial charge in [-0.05, 0) is 56.7 Å². The van der Waals surface area contributed by atoms with E-state index in [9.17, 15) is 24.3 Å². The van der Waals surface area contributed by atoms with Gasteiger partial charge in [0.05, 0.1) is 12.1 Å². The van der Waals surface area contributed by atoms with Gasteiger partial charge in [0.2, 0.25) is 5.91 Å². The number of carboxylic acid groups (broad SMARTS) is 2. The predicted octanol–water partition coefficient (Wildman–Crippen LogP) is 5.51. The monoisotopic (exact) mass is 610 g/mol. The number of nitrogens with one attached hydrogen (secondary N) is 4. The van der Waals surface area contributed by atoms with Gasteiger partial charge in [0, 0.05) is 6.42 Å². The lowest BCUT2D eigenvalue weighted by molar-refractivity contribution is -0.123. The van der Waals surface area contributed by atoms with Gasteiger partial charge in [-0.15, -0.1) is 0 Å². The van der Waals surface area contributed by atoms with Gasteiger partial charge in [0.25, 0.3) is 0 Å². The topological polar surface area (TPSA) is 157 Å². The van der Waals surface area contributed by atoms with Crippen LogP contribution in [-0.4, -0.2) is 58.9 Å². The Morgan fingerprint density at radius 1 is 0.773 bits per heavy atom. The summed E-state index contributed by atoms with van der Waals surface area (Å²) < 4.78 is 0. The molecule has 0 saturated heterocycles. The molecule has 0 aliphatic rings. The van der Waals surface area contributed by atoms with E-state index in [1.165, 1.54) is 0 Å². The van der Waals surface area contributed by atoms with Crippen molar-refractivity contribution in [3.8, 4) is 0 Å². The van der Waals surface area contributed by atoms with Crippen LogP contribution in [0.3, 0.4) is 0 Å². The Hall–Kier alpha value is -3.76. The number of hydrogen-bond donors (Lipinski definition) is 6. The van der Waals surface area contributed by atoms with Crippen LogP contribution < -0.4 is 21.3 Å². The average molecular weight is 611 g/mol. The normalized spacial score (nSPS) is 14.5. The van der Waals surface area contributed by atoms with E-state index in [0.717, 1.165) is 75.3 Å². The van der Waals surface area contributed by atoms with Crippen molar-refractivity contribution in [2.24, 2.45) is 5.92 Å². The lowest BCUT2D eigenvalue weighted by Crippen LogP contribution is -2.68. The maximum absolute atomic E-state index is 12.7. The van der Waals surface area contributed by atoms with E-state index in [4.69, 9.17) is 5.11 Å². The highest BCUT2D eigenvalue weighted by atomic mass is 16.4. The molecule has 2 rings (SSSR count). The molecule has 242 valence electrons. The smallest absolute Gasteiger partial charge is 0.411 e. The van der Waals surface area contributed by atoms with E-state index < -0.39 is 29.8 Å².